The van der Waals surface area contributed by atoms with Gasteiger partial charge in [-0.25, -0.2) is 0 Å². The van der Waals surface area contributed by atoms with Gasteiger partial charge >= 0.3 is 0 Å². The predicted molar refractivity (Wildman–Crippen MR) is 46.2 cm³/mol. The van der Waals surface area contributed by atoms with Crippen LogP contribution in [0.1, 0.15) is 23.9 Å². The first-order valence-electron chi connectivity index (χ1n) is 4.34. The average molecular weight is 180 g/mol. The highest BCUT2D eigenvalue weighted by molar-refractivity contribution is 5.86. The first-order chi connectivity index (χ1) is 6.18. The van der Waals surface area contributed by atoms with E-state index in [2.05, 4.69) is 5.16 Å². The summed E-state index contributed by atoms with van der Waals surface area (Å²) in [7, 11) is 1.93. The van der Waals surface area contributed by atoms with Crippen LogP contribution in [0.2, 0.25) is 0 Å². The van der Waals surface area contributed by atoms with Crippen molar-refractivity contribution in [3.8, 4) is 0 Å². The summed E-state index contributed by atoms with van der Waals surface area (Å²) in [5.74, 6) is 0.985. The van der Waals surface area contributed by atoms with Crippen molar-refractivity contribution in [2.24, 2.45) is 0 Å². The van der Waals surface area contributed by atoms with E-state index in [1.807, 2.05) is 24.9 Å². The van der Waals surface area contributed by atoms with Gasteiger partial charge in [0.1, 0.15) is 17.5 Å². The summed E-state index contributed by atoms with van der Waals surface area (Å²) in [6.07, 6.45) is 0.618. The number of nitrogens with zero attached hydrogens (tertiary/aromatic N) is 2. The number of aromatic nitrogens is 1. The number of rotatable bonds is 1. The summed E-state index contributed by atoms with van der Waals surface area (Å²) >= 11 is 0. The van der Waals surface area contributed by atoms with E-state index in [4.69, 9.17) is 4.52 Å². The van der Waals surface area contributed by atoms with E-state index < -0.39 is 0 Å². The Bertz CT molecular complexity index is 332. The van der Waals surface area contributed by atoms with E-state index >= 15 is 0 Å². The third-order valence-corrected chi connectivity index (χ3v) is 2.38. The molecule has 1 aliphatic rings. The fraction of sp³-hybridized carbons (Fsp3) is 0.556. The lowest BCUT2D eigenvalue weighted by atomic mass is 10.1. The van der Waals surface area contributed by atoms with Crippen LogP contribution in [0, 0.1) is 6.92 Å². The first kappa shape index (κ1) is 8.44. The van der Waals surface area contributed by atoms with Gasteiger partial charge in [0.15, 0.2) is 5.78 Å². The molecule has 13 heavy (non-hydrogen) atoms. The van der Waals surface area contributed by atoms with Gasteiger partial charge in [0, 0.05) is 19.0 Å². The van der Waals surface area contributed by atoms with E-state index in [0.717, 1.165) is 18.0 Å². The molecule has 0 amide bonds. The van der Waals surface area contributed by atoms with E-state index in [1.54, 1.807) is 0 Å². The van der Waals surface area contributed by atoms with Gasteiger partial charge in [-0.05, 0) is 14.0 Å². The maximum atomic E-state index is 11.5. The standard InChI is InChI=1S/C9H12N2O2/c1-6-5-7(10-13-6)9-8(12)3-4-11(9)2/h5,9H,3-4H2,1-2H3. The minimum absolute atomic E-state index is 0.183. The second kappa shape index (κ2) is 2.96. The summed E-state index contributed by atoms with van der Waals surface area (Å²) in [4.78, 5) is 13.5. The lowest BCUT2D eigenvalue weighted by molar-refractivity contribution is -0.120. The van der Waals surface area contributed by atoms with Crippen LogP contribution in [0.5, 0.6) is 0 Å². The van der Waals surface area contributed by atoms with E-state index in [1.165, 1.54) is 0 Å². The van der Waals surface area contributed by atoms with E-state index in [-0.39, 0.29) is 11.8 Å². The molecular formula is C9H12N2O2. The number of likely N-dealkylation sites (N-methyl/N-ethyl adjacent to an activating group) is 1. The predicted octanol–water partition coefficient (Wildman–Crippen LogP) is 0.929. The van der Waals surface area contributed by atoms with Crippen LogP contribution < -0.4 is 0 Å². The van der Waals surface area contributed by atoms with Gasteiger partial charge < -0.3 is 4.52 Å². The van der Waals surface area contributed by atoms with Crippen molar-refractivity contribution >= 4 is 5.78 Å². The normalized spacial score (nSPS) is 24.2. The quantitative estimate of drug-likeness (QED) is 0.645. The second-order valence-electron chi connectivity index (χ2n) is 3.46. The summed E-state index contributed by atoms with van der Waals surface area (Å²) in [5.41, 5.74) is 0.738. The molecule has 0 bridgehead atoms. The molecular weight excluding hydrogens is 168 g/mol. The number of hydrogen-bond acceptors (Lipinski definition) is 4. The summed E-state index contributed by atoms with van der Waals surface area (Å²) in [6, 6.07) is 1.64. The van der Waals surface area contributed by atoms with Crippen LogP contribution in [0.15, 0.2) is 10.6 Å². The highest BCUT2D eigenvalue weighted by atomic mass is 16.5. The van der Waals surface area contributed by atoms with Crippen LogP contribution in [0.25, 0.3) is 0 Å². The average Bonchev–Trinajstić information content (AvgIpc) is 2.60. The number of carbonyl (C=O) groups is 1. The Morgan fingerprint density at radius 2 is 2.46 bits per heavy atom. The van der Waals surface area contributed by atoms with Crippen LogP contribution in [-0.2, 0) is 4.79 Å². The molecule has 1 aliphatic heterocycles. The molecule has 1 saturated heterocycles. The molecule has 4 nitrogen and oxygen atoms in total. The Kier molecular flexibility index (Phi) is 1.92. The maximum absolute atomic E-state index is 11.5. The van der Waals surface area contributed by atoms with Crippen LogP contribution in [0.3, 0.4) is 0 Å². The number of Topliss-reactive ketones (excluding diaryl/α,β-unsaturated/α-hetero) is 1. The fourth-order valence-corrected chi connectivity index (χ4v) is 1.70. The lowest BCUT2D eigenvalue weighted by Gasteiger charge is -2.14. The topological polar surface area (TPSA) is 46.3 Å². The molecule has 70 valence electrons. The highest BCUT2D eigenvalue weighted by Gasteiger charge is 2.33. The van der Waals surface area contributed by atoms with Crippen molar-refractivity contribution < 1.29 is 9.32 Å². The van der Waals surface area contributed by atoms with Crippen molar-refractivity contribution in [3.05, 3.63) is 17.5 Å². The Morgan fingerprint density at radius 3 is 2.92 bits per heavy atom. The third-order valence-electron chi connectivity index (χ3n) is 2.38. The molecule has 2 rings (SSSR count). The van der Waals surface area contributed by atoms with Crippen LogP contribution >= 0.6 is 0 Å². The highest BCUT2D eigenvalue weighted by Crippen LogP contribution is 2.26. The molecule has 4 heteroatoms. The zero-order valence-electron chi connectivity index (χ0n) is 7.78. The molecule has 1 atom stereocenters. The summed E-state index contributed by atoms with van der Waals surface area (Å²) < 4.78 is 4.94. The lowest BCUT2D eigenvalue weighted by Crippen LogP contribution is -2.21. The summed E-state index contributed by atoms with van der Waals surface area (Å²) in [5, 5.41) is 3.86. The molecule has 1 fully saturated rings. The minimum Gasteiger partial charge on any atom is -0.361 e. The van der Waals surface area contributed by atoms with Crippen molar-refractivity contribution in [1.82, 2.24) is 10.1 Å². The van der Waals surface area contributed by atoms with Gasteiger partial charge in [-0.3, -0.25) is 9.69 Å². The van der Waals surface area contributed by atoms with Gasteiger partial charge in [0.2, 0.25) is 0 Å². The minimum atomic E-state index is -0.183. The molecule has 0 saturated carbocycles. The van der Waals surface area contributed by atoms with Gasteiger partial charge in [-0.2, -0.15) is 0 Å². The van der Waals surface area contributed by atoms with Crippen molar-refractivity contribution in [3.63, 3.8) is 0 Å². The molecule has 1 aromatic heterocycles. The molecule has 0 N–H and O–H groups in total. The molecule has 1 unspecified atom stereocenters. The van der Waals surface area contributed by atoms with Crippen molar-refractivity contribution in [1.29, 1.82) is 0 Å². The van der Waals surface area contributed by atoms with Crippen LogP contribution in [-0.4, -0.2) is 29.4 Å². The smallest absolute Gasteiger partial charge is 0.157 e. The SMILES string of the molecule is Cc1cc(C2C(=O)CCN2C)no1. The first-order valence-corrected chi connectivity index (χ1v) is 4.34. The Labute approximate surface area is 76.5 Å². The van der Waals surface area contributed by atoms with Gasteiger partial charge in [-0.15, -0.1) is 0 Å². The molecule has 0 aliphatic carbocycles. The molecule has 1 aromatic rings. The number of hydrogen-bond donors (Lipinski definition) is 0. The van der Waals surface area contributed by atoms with Gasteiger partial charge in [0.05, 0.1) is 0 Å². The summed E-state index contributed by atoms with van der Waals surface area (Å²) in [6.45, 7) is 2.64. The molecule has 0 spiro atoms. The van der Waals surface area contributed by atoms with E-state index in [0.29, 0.717) is 6.42 Å². The Morgan fingerprint density at radius 1 is 1.69 bits per heavy atom. The molecule has 0 radical (unpaired) electrons. The molecule has 2 heterocycles. The monoisotopic (exact) mass is 180 g/mol. The Hall–Kier alpha value is -1.16. The maximum Gasteiger partial charge on any atom is 0.157 e. The molecule has 0 aromatic carbocycles. The van der Waals surface area contributed by atoms with Crippen molar-refractivity contribution in [2.75, 3.05) is 13.6 Å². The number of carbonyl (C=O) groups excluding carboxylic acids is 1. The van der Waals surface area contributed by atoms with E-state index in [9.17, 15) is 4.79 Å². The Balaban J connectivity index is 2.29. The third kappa shape index (κ3) is 1.37. The second-order valence-corrected chi connectivity index (χ2v) is 3.46. The number of ketones is 1. The van der Waals surface area contributed by atoms with Crippen molar-refractivity contribution in [2.45, 2.75) is 19.4 Å². The van der Waals surface area contributed by atoms with Gasteiger partial charge in [-0.1, -0.05) is 5.16 Å². The number of likely N-dealkylation sites (tertiary alicyclic amines) is 1. The zero-order chi connectivity index (χ0) is 9.42. The zero-order valence-corrected chi connectivity index (χ0v) is 7.78. The number of aryl methyl sites for hydroxylation is 1. The largest absolute Gasteiger partial charge is 0.361 e. The fourth-order valence-electron chi connectivity index (χ4n) is 1.70. The van der Waals surface area contributed by atoms with Crippen LogP contribution in [0.4, 0.5) is 0 Å². The van der Waals surface area contributed by atoms with Gasteiger partial charge in [0.25, 0.3) is 0 Å².